The van der Waals surface area contributed by atoms with Crippen LogP contribution >= 0.6 is 12.6 Å². The van der Waals surface area contributed by atoms with Crippen molar-refractivity contribution >= 4 is 24.3 Å². The van der Waals surface area contributed by atoms with Crippen molar-refractivity contribution in [1.29, 1.82) is 0 Å². The van der Waals surface area contributed by atoms with Crippen LogP contribution in [0.25, 0.3) is 0 Å². The van der Waals surface area contributed by atoms with Gasteiger partial charge in [0, 0.05) is 34.9 Å². The first kappa shape index (κ1) is 10.4. The molecule has 1 aromatic heterocycles. The van der Waals surface area contributed by atoms with Crippen molar-refractivity contribution in [2.24, 2.45) is 0 Å². The molecule has 18 heavy (non-hydrogen) atoms. The molecule has 2 aromatic rings. The van der Waals surface area contributed by atoms with Crippen molar-refractivity contribution in [1.82, 2.24) is 9.97 Å². The van der Waals surface area contributed by atoms with Gasteiger partial charge in [0.25, 0.3) is 0 Å². The second-order valence-electron chi connectivity index (χ2n) is 5.12. The van der Waals surface area contributed by atoms with Gasteiger partial charge >= 0.3 is 0 Å². The van der Waals surface area contributed by atoms with Crippen LogP contribution in [0.4, 0.5) is 11.6 Å². The summed E-state index contributed by atoms with van der Waals surface area (Å²) in [6, 6.07) is 8.62. The predicted molar refractivity (Wildman–Crippen MR) is 73.6 cm³/mol. The first-order chi connectivity index (χ1) is 8.78. The standard InChI is InChI=1S/C14H13N3S/c18-10-7-15-13(16-8-10)17-9-14(5-6-14)11-3-1-2-4-12(11)17/h1-4,7-8,18H,5-6,9H2. The number of nitrogens with zero attached hydrogens (tertiary/aromatic N) is 3. The maximum atomic E-state index is 4.39. The largest absolute Gasteiger partial charge is 0.309 e. The van der Waals surface area contributed by atoms with E-state index in [0.717, 1.165) is 17.4 Å². The Labute approximate surface area is 111 Å². The molecule has 2 aliphatic rings. The second kappa shape index (κ2) is 3.48. The summed E-state index contributed by atoms with van der Waals surface area (Å²) in [5, 5.41) is 0. The highest BCUT2D eigenvalue weighted by Crippen LogP contribution is 2.57. The molecule has 0 bridgehead atoms. The van der Waals surface area contributed by atoms with E-state index in [9.17, 15) is 0 Å². The maximum absolute atomic E-state index is 4.39. The topological polar surface area (TPSA) is 29.0 Å². The Morgan fingerprint density at radius 1 is 1.11 bits per heavy atom. The third-order valence-corrected chi connectivity index (χ3v) is 4.18. The molecule has 0 unspecified atom stereocenters. The van der Waals surface area contributed by atoms with E-state index in [0.29, 0.717) is 5.41 Å². The molecule has 0 saturated heterocycles. The van der Waals surface area contributed by atoms with Gasteiger partial charge in [0.1, 0.15) is 0 Å². The second-order valence-corrected chi connectivity index (χ2v) is 5.64. The summed E-state index contributed by atoms with van der Waals surface area (Å²) < 4.78 is 0. The summed E-state index contributed by atoms with van der Waals surface area (Å²) in [6.45, 7) is 1.01. The van der Waals surface area contributed by atoms with Crippen LogP contribution in [0.2, 0.25) is 0 Å². The third-order valence-electron chi connectivity index (χ3n) is 3.95. The number of rotatable bonds is 1. The molecule has 0 atom stereocenters. The van der Waals surface area contributed by atoms with Crippen LogP contribution in [0.15, 0.2) is 41.6 Å². The predicted octanol–water partition coefficient (Wildman–Crippen LogP) is 2.95. The number of hydrogen-bond donors (Lipinski definition) is 1. The number of benzene rings is 1. The van der Waals surface area contributed by atoms with Crippen molar-refractivity contribution in [2.75, 3.05) is 11.4 Å². The SMILES string of the molecule is Sc1cnc(N2CC3(CC3)c3ccccc32)nc1. The molecule has 4 heteroatoms. The lowest BCUT2D eigenvalue weighted by Crippen LogP contribution is -2.21. The van der Waals surface area contributed by atoms with E-state index in [1.54, 1.807) is 12.4 Å². The van der Waals surface area contributed by atoms with Gasteiger partial charge in [0.2, 0.25) is 5.95 Å². The van der Waals surface area contributed by atoms with Crippen LogP contribution < -0.4 is 4.90 Å². The van der Waals surface area contributed by atoms with Crippen LogP contribution in [0.5, 0.6) is 0 Å². The molecule has 0 amide bonds. The average Bonchev–Trinajstić information content (AvgIpc) is 3.10. The normalized spacial score (nSPS) is 19.1. The van der Waals surface area contributed by atoms with E-state index in [4.69, 9.17) is 0 Å². The van der Waals surface area contributed by atoms with Gasteiger partial charge < -0.3 is 4.90 Å². The number of thiol groups is 1. The Balaban J connectivity index is 1.82. The Hall–Kier alpha value is -1.55. The minimum absolute atomic E-state index is 0.375. The van der Waals surface area contributed by atoms with Crippen molar-refractivity contribution < 1.29 is 0 Å². The lowest BCUT2D eigenvalue weighted by atomic mass is 9.99. The van der Waals surface area contributed by atoms with Crippen LogP contribution in [0.1, 0.15) is 18.4 Å². The average molecular weight is 255 g/mol. The molecule has 1 saturated carbocycles. The molecule has 0 N–H and O–H groups in total. The molecule has 2 heterocycles. The molecule has 90 valence electrons. The zero-order valence-corrected chi connectivity index (χ0v) is 10.8. The molecular formula is C14H13N3S. The summed E-state index contributed by atoms with van der Waals surface area (Å²) in [5.74, 6) is 0.782. The fourth-order valence-corrected chi connectivity index (χ4v) is 2.96. The Kier molecular flexibility index (Phi) is 2.01. The smallest absolute Gasteiger partial charge is 0.229 e. The quantitative estimate of drug-likeness (QED) is 0.794. The number of fused-ring (bicyclic) bond motifs is 2. The molecule has 1 fully saturated rings. The fraction of sp³-hybridized carbons (Fsp3) is 0.286. The Bertz CT molecular complexity index is 605. The lowest BCUT2D eigenvalue weighted by molar-refractivity contribution is 0.734. The molecule has 3 nitrogen and oxygen atoms in total. The van der Waals surface area contributed by atoms with Crippen molar-refractivity contribution in [3.05, 3.63) is 42.2 Å². The summed E-state index contributed by atoms with van der Waals surface area (Å²) in [4.78, 5) is 11.8. The minimum Gasteiger partial charge on any atom is -0.309 e. The molecule has 4 rings (SSSR count). The summed E-state index contributed by atoms with van der Waals surface area (Å²) in [7, 11) is 0. The first-order valence-electron chi connectivity index (χ1n) is 6.17. The van der Waals surface area contributed by atoms with Gasteiger partial charge in [-0.05, 0) is 24.5 Å². The zero-order valence-electron chi connectivity index (χ0n) is 9.87. The summed E-state index contributed by atoms with van der Waals surface area (Å²) >= 11 is 4.23. The van der Waals surface area contributed by atoms with Crippen LogP contribution in [0, 0.1) is 0 Å². The van der Waals surface area contributed by atoms with Gasteiger partial charge in [0.05, 0.1) is 0 Å². The number of anilines is 2. The maximum Gasteiger partial charge on any atom is 0.229 e. The third kappa shape index (κ3) is 1.38. The van der Waals surface area contributed by atoms with Crippen LogP contribution in [0.3, 0.4) is 0 Å². The Morgan fingerprint density at radius 2 is 1.83 bits per heavy atom. The highest BCUT2D eigenvalue weighted by Gasteiger charge is 2.52. The van der Waals surface area contributed by atoms with Gasteiger partial charge in [-0.1, -0.05) is 18.2 Å². The first-order valence-corrected chi connectivity index (χ1v) is 6.61. The zero-order chi connectivity index (χ0) is 12.2. The molecule has 1 spiro atoms. The van der Waals surface area contributed by atoms with E-state index < -0.39 is 0 Å². The molecular weight excluding hydrogens is 242 g/mol. The minimum atomic E-state index is 0.375. The fourth-order valence-electron chi connectivity index (χ4n) is 2.84. The van der Waals surface area contributed by atoms with E-state index in [-0.39, 0.29) is 0 Å². The van der Waals surface area contributed by atoms with Crippen molar-refractivity contribution in [2.45, 2.75) is 23.2 Å². The van der Waals surface area contributed by atoms with Crippen LogP contribution in [-0.4, -0.2) is 16.5 Å². The van der Waals surface area contributed by atoms with E-state index in [2.05, 4.69) is 51.8 Å². The van der Waals surface area contributed by atoms with E-state index in [1.807, 2.05) is 0 Å². The highest BCUT2D eigenvalue weighted by molar-refractivity contribution is 7.80. The van der Waals surface area contributed by atoms with Gasteiger partial charge in [-0.2, -0.15) is 0 Å². The van der Waals surface area contributed by atoms with Gasteiger partial charge in [-0.3, -0.25) is 0 Å². The Morgan fingerprint density at radius 3 is 2.56 bits per heavy atom. The van der Waals surface area contributed by atoms with E-state index in [1.165, 1.54) is 24.1 Å². The summed E-state index contributed by atoms with van der Waals surface area (Å²) in [6.07, 6.45) is 6.08. The number of para-hydroxylation sites is 1. The summed E-state index contributed by atoms with van der Waals surface area (Å²) in [5.41, 5.74) is 3.10. The molecule has 1 aliphatic heterocycles. The van der Waals surface area contributed by atoms with Gasteiger partial charge in [-0.15, -0.1) is 12.6 Å². The monoisotopic (exact) mass is 255 g/mol. The number of aromatic nitrogens is 2. The van der Waals surface area contributed by atoms with Crippen molar-refractivity contribution in [3.8, 4) is 0 Å². The number of hydrogen-bond acceptors (Lipinski definition) is 4. The highest BCUT2D eigenvalue weighted by atomic mass is 32.1. The van der Waals surface area contributed by atoms with Crippen molar-refractivity contribution in [3.63, 3.8) is 0 Å². The van der Waals surface area contributed by atoms with E-state index >= 15 is 0 Å². The molecule has 0 radical (unpaired) electrons. The lowest BCUT2D eigenvalue weighted by Gasteiger charge is -2.17. The van der Waals surface area contributed by atoms with Crippen LogP contribution in [-0.2, 0) is 5.41 Å². The van der Waals surface area contributed by atoms with Gasteiger partial charge in [-0.25, -0.2) is 9.97 Å². The van der Waals surface area contributed by atoms with Gasteiger partial charge in [0.15, 0.2) is 0 Å². The molecule has 1 aromatic carbocycles. The molecule has 1 aliphatic carbocycles.